The summed E-state index contributed by atoms with van der Waals surface area (Å²) in [5.74, 6) is -0.226. The molecule has 0 N–H and O–H groups in total. The normalized spacial score (nSPS) is 12.8. The minimum absolute atomic E-state index is 0.160. The Kier molecular flexibility index (Phi) is 4.86. The molecular weight excluding hydrogens is 503 g/mol. The summed E-state index contributed by atoms with van der Waals surface area (Å²) in [6, 6.07) is 7.06. The number of hydrogen-bond donors (Lipinski definition) is 0. The van der Waals surface area contributed by atoms with Gasteiger partial charge in [-0.2, -0.15) is 0 Å². The summed E-state index contributed by atoms with van der Waals surface area (Å²) >= 11 is 15.3. The molecule has 1 aromatic heterocycles. The predicted octanol–water partition coefficient (Wildman–Crippen LogP) is 6.66. The van der Waals surface area contributed by atoms with Gasteiger partial charge in [0, 0.05) is 10.0 Å². The summed E-state index contributed by atoms with van der Waals surface area (Å²) in [5.41, 5.74) is 1.64. The van der Waals surface area contributed by atoms with Crippen molar-refractivity contribution in [3.63, 3.8) is 0 Å². The van der Waals surface area contributed by atoms with Crippen molar-refractivity contribution >= 4 is 75.1 Å². The summed E-state index contributed by atoms with van der Waals surface area (Å²) in [6.45, 7) is 0. The van der Waals surface area contributed by atoms with Crippen molar-refractivity contribution in [2.45, 2.75) is 4.83 Å². The van der Waals surface area contributed by atoms with Crippen LogP contribution >= 0.6 is 75.1 Å². The van der Waals surface area contributed by atoms with E-state index in [0.29, 0.717) is 5.56 Å². The fourth-order valence-corrected chi connectivity index (χ4v) is 5.83. The third kappa shape index (κ3) is 3.21. The van der Waals surface area contributed by atoms with Gasteiger partial charge in [-0.25, -0.2) is 4.39 Å². The number of thiophene rings is 1. The summed E-state index contributed by atoms with van der Waals surface area (Å²) in [5, 5.41) is 0. The molecule has 0 fully saturated rings. The Balaban J connectivity index is 2.43. The van der Waals surface area contributed by atoms with Gasteiger partial charge >= 0.3 is 0 Å². The number of benzene rings is 1. The van der Waals surface area contributed by atoms with Gasteiger partial charge in [0.15, 0.2) is 0 Å². The van der Waals surface area contributed by atoms with Crippen molar-refractivity contribution in [2.24, 2.45) is 0 Å². The maximum Gasteiger partial charge on any atom is 0.129 e. The fourth-order valence-electron chi connectivity index (χ4n) is 1.40. The van der Waals surface area contributed by atoms with Crippen LogP contribution in [0.1, 0.15) is 16.0 Å². The maximum atomic E-state index is 13.8. The Morgan fingerprint density at radius 2 is 1.76 bits per heavy atom. The highest BCUT2D eigenvalue weighted by molar-refractivity contribution is 9.12. The average Bonchev–Trinajstić information content (AvgIpc) is 2.57. The molecule has 2 aromatic rings. The fraction of sp³-hybridized carbons (Fsp3) is 0.0909. The van der Waals surface area contributed by atoms with Gasteiger partial charge in [-0.05, 0) is 55.6 Å². The van der Waals surface area contributed by atoms with E-state index in [-0.39, 0.29) is 10.6 Å². The monoisotopic (exact) mass is 504 g/mol. The second-order valence-corrected chi connectivity index (χ2v) is 8.89. The Bertz CT molecular complexity index is 552. The molecule has 0 spiro atoms. The van der Waals surface area contributed by atoms with E-state index in [9.17, 15) is 4.39 Å². The van der Waals surface area contributed by atoms with Gasteiger partial charge in [-0.1, -0.05) is 37.9 Å². The topological polar surface area (TPSA) is 0 Å². The molecular formula is C11H5Br4FS. The molecule has 1 atom stereocenters. The van der Waals surface area contributed by atoms with Crippen LogP contribution in [0, 0.1) is 5.82 Å². The maximum absolute atomic E-state index is 13.8. The van der Waals surface area contributed by atoms with Crippen molar-refractivity contribution in [2.75, 3.05) is 0 Å². The lowest BCUT2D eigenvalue weighted by molar-refractivity contribution is 0.612. The highest BCUT2D eigenvalue weighted by atomic mass is 79.9. The summed E-state index contributed by atoms with van der Waals surface area (Å²) in [6.07, 6.45) is 0. The first-order valence-corrected chi connectivity index (χ1v) is 8.64. The third-order valence-electron chi connectivity index (χ3n) is 2.19. The predicted molar refractivity (Wildman–Crippen MR) is 84.6 cm³/mol. The van der Waals surface area contributed by atoms with Gasteiger partial charge in [-0.3, -0.25) is 0 Å². The van der Waals surface area contributed by atoms with Gasteiger partial charge in [0.2, 0.25) is 0 Å². The minimum Gasteiger partial charge on any atom is -0.207 e. The zero-order valence-electron chi connectivity index (χ0n) is 8.18. The van der Waals surface area contributed by atoms with E-state index in [1.165, 1.54) is 6.07 Å². The van der Waals surface area contributed by atoms with E-state index in [4.69, 9.17) is 0 Å². The lowest BCUT2D eigenvalue weighted by Gasteiger charge is -2.10. The van der Waals surface area contributed by atoms with Crippen molar-refractivity contribution in [3.05, 3.63) is 53.3 Å². The smallest absolute Gasteiger partial charge is 0.129 e. The van der Waals surface area contributed by atoms with E-state index < -0.39 is 0 Å². The van der Waals surface area contributed by atoms with E-state index in [1.54, 1.807) is 17.4 Å². The zero-order valence-corrected chi connectivity index (χ0v) is 15.3. The molecule has 0 nitrogen and oxygen atoms in total. The highest BCUT2D eigenvalue weighted by Crippen LogP contribution is 2.42. The van der Waals surface area contributed by atoms with Crippen LogP contribution < -0.4 is 0 Å². The SMILES string of the molecule is Fc1cc(Br)ccc1C(Br)c1cc(Br)sc1Br. The van der Waals surface area contributed by atoms with Crippen molar-refractivity contribution in [3.8, 4) is 0 Å². The van der Waals surface area contributed by atoms with Gasteiger partial charge in [0.05, 0.1) is 12.4 Å². The van der Waals surface area contributed by atoms with Crippen LogP contribution in [0.3, 0.4) is 0 Å². The number of rotatable bonds is 2. The molecule has 0 amide bonds. The summed E-state index contributed by atoms with van der Waals surface area (Å²) in [4.78, 5) is -0.160. The third-order valence-corrected chi connectivity index (χ3v) is 6.06. The first kappa shape index (κ1) is 14.2. The second-order valence-electron chi connectivity index (χ2n) is 3.31. The van der Waals surface area contributed by atoms with Crippen molar-refractivity contribution < 1.29 is 4.39 Å². The Labute approximate surface area is 136 Å². The molecule has 1 unspecified atom stereocenters. The van der Waals surface area contributed by atoms with E-state index in [0.717, 1.165) is 17.6 Å². The number of halogens is 5. The van der Waals surface area contributed by atoms with Gasteiger partial charge < -0.3 is 0 Å². The summed E-state index contributed by atoms with van der Waals surface area (Å²) in [7, 11) is 0. The van der Waals surface area contributed by atoms with Crippen LogP contribution in [0.25, 0.3) is 0 Å². The standard InChI is InChI=1S/C11H5Br4FS/c12-5-1-2-6(8(16)3-5)10(14)7-4-9(13)17-11(7)15/h1-4,10H. The Hall–Kier alpha value is 0.770. The van der Waals surface area contributed by atoms with Gasteiger partial charge in [-0.15, -0.1) is 11.3 Å². The molecule has 90 valence electrons. The molecule has 0 aliphatic carbocycles. The molecule has 17 heavy (non-hydrogen) atoms. The molecule has 0 aliphatic rings. The molecule has 0 radical (unpaired) electrons. The lowest BCUT2D eigenvalue weighted by atomic mass is 10.1. The largest absolute Gasteiger partial charge is 0.207 e. The first-order valence-electron chi connectivity index (χ1n) is 4.53. The van der Waals surface area contributed by atoms with E-state index in [1.807, 2.05) is 12.1 Å². The molecule has 6 heteroatoms. The average molecular weight is 508 g/mol. The Morgan fingerprint density at radius 1 is 1.06 bits per heavy atom. The lowest BCUT2D eigenvalue weighted by Crippen LogP contribution is -1.95. The van der Waals surface area contributed by atoms with Crippen LogP contribution in [0.2, 0.25) is 0 Å². The van der Waals surface area contributed by atoms with Gasteiger partial charge in [0.1, 0.15) is 5.82 Å². The highest BCUT2D eigenvalue weighted by Gasteiger charge is 2.19. The zero-order chi connectivity index (χ0) is 12.6. The quantitative estimate of drug-likeness (QED) is 0.399. The molecule has 0 bridgehead atoms. The van der Waals surface area contributed by atoms with Crippen LogP contribution in [-0.4, -0.2) is 0 Å². The van der Waals surface area contributed by atoms with Crippen LogP contribution in [0.5, 0.6) is 0 Å². The van der Waals surface area contributed by atoms with E-state index >= 15 is 0 Å². The van der Waals surface area contributed by atoms with Gasteiger partial charge in [0.25, 0.3) is 0 Å². The van der Waals surface area contributed by atoms with Crippen molar-refractivity contribution in [1.29, 1.82) is 0 Å². The molecule has 0 aliphatic heterocycles. The number of hydrogen-bond acceptors (Lipinski definition) is 1. The second kappa shape index (κ2) is 5.82. The minimum atomic E-state index is -0.226. The Morgan fingerprint density at radius 3 is 2.29 bits per heavy atom. The van der Waals surface area contributed by atoms with Crippen LogP contribution in [0.4, 0.5) is 4.39 Å². The molecule has 0 saturated heterocycles. The van der Waals surface area contributed by atoms with Crippen LogP contribution in [-0.2, 0) is 0 Å². The molecule has 0 saturated carbocycles. The van der Waals surface area contributed by atoms with Crippen LogP contribution in [0.15, 0.2) is 36.3 Å². The van der Waals surface area contributed by atoms with Crippen molar-refractivity contribution in [1.82, 2.24) is 0 Å². The molecule has 1 aromatic carbocycles. The molecule has 1 heterocycles. The number of alkyl halides is 1. The molecule has 2 rings (SSSR count). The summed E-state index contributed by atoms with van der Waals surface area (Å²) < 4.78 is 16.6. The van der Waals surface area contributed by atoms with E-state index in [2.05, 4.69) is 63.7 Å². The first-order chi connectivity index (χ1) is 7.99.